The molecule has 0 radical (unpaired) electrons. The van der Waals surface area contributed by atoms with Gasteiger partial charge >= 0.3 is 0 Å². The maximum atomic E-state index is 10.6. The molecule has 1 fully saturated rings. The van der Waals surface area contributed by atoms with Crippen molar-refractivity contribution in [2.75, 3.05) is 18.0 Å². The molecule has 0 unspecified atom stereocenters. The summed E-state index contributed by atoms with van der Waals surface area (Å²) >= 11 is 0. The van der Waals surface area contributed by atoms with Crippen LogP contribution in [0.3, 0.4) is 0 Å². The summed E-state index contributed by atoms with van der Waals surface area (Å²) in [4.78, 5) is 6.76. The largest absolute Gasteiger partial charge is 0.506 e. The number of hydrogen-bond donors (Lipinski definition) is 2. The minimum Gasteiger partial charge on any atom is -0.506 e. The zero-order chi connectivity index (χ0) is 20.7. The average molecular weight is 400 g/mol. The Morgan fingerprint density at radius 2 is 1.80 bits per heavy atom. The van der Waals surface area contributed by atoms with Crippen molar-refractivity contribution in [2.45, 2.75) is 20.3 Å². The van der Waals surface area contributed by atoms with Gasteiger partial charge in [0.15, 0.2) is 5.82 Å². The first-order chi connectivity index (χ1) is 14.6. The van der Waals surface area contributed by atoms with Gasteiger partial charge in [0, 0.05) is 30.2 Å². The molecule has 1 aliphatic rings. The first-order valence-electron chi connectivity index (χ1n) is 10.3. The van der Waals surface area contributed by atoms with Gasteiger partial charge in [0.2, 0.25) is 0 Å². The average Bonchev–Trinajstić information content (AvgIpc) is 3.21. The van der Waals surface area contributed by atoms with E-state index < -0.39 is 0 Å². The lowest BCUT2D eigenvalue weighted by molar-refractivity contribution is 0.355. The summed E-state index contributed by atoms with van der Waals surface area (Å²) in [5.41, 5.74) is 3.77. The van der Waals surface area contributed by atoms with Crippen molar-refractivity contribution in [1.82, 2.24) is 25.4 Å². The third-order valence-corrected chi connectivity index (χ3v) is 5.73. The Hall–Kier alpha value is -3.48. The van der Waals surface area contributed by atoms with Gasteiger partial charge in [0.05, 0.1) is 11.7 Å². The van der Waals surface area contributed by atoms with E-state index in [9.17, 15) is 5.11 Å². The lowest BCUT2D eigenvalue weighted by Gasteiger charge is -2.35. The molecular weight excluding hydrogens is 376 g/mol. The summed E-state index contributed by atoms with van der Waals surface area (Å²) in [7, 11) is 0. The molecule has 2 atom stereocenters. The number of H-pyrrole nitrogens is 1. The molecule has 7 nitrogen and oxygen atoms in total. The molecule has 1 aliphatic heterocycles. The number of nitrogens with zero attached hydrogens (tertiary/aromatic N) is 5. The van der Waals surface area contributed by atoms with E-state index in [0.717, 1.165) is 40.9 Å². The second kappa shape index (κ2) is 7.40. The van der Waals surface area contributed by atoms with Crippen LogP contribution in [0.1, 0.15) is 20.3 Å². The lowest BCUT2D eigenvalue weighted by atomic mass is 9.92. The van der Waals surface area contributed by atoms with Crippen LogP contribution in [0.25, 0.3) is 33.4 Å². The van der Waals surface area contributed by atoms with Crippen LogP contribution in [-0.2, 0) is 0 Å². The summed E-state index contributed by atoms with van der Waals surface area (Å²) in [6.45, 7) is 6.55. The first-order valence-corrected chi connectivity index (χ1v) is 10.3. The van der Waals surface area contributed by atoms with Gasteiger partial charge in [-0.1, -0.05) is 19.9 Å². The molecule has 152 valence electrons. The maximum absolute atomic E-state index is 10.6. The Labute approximate surface area is 174 Å². The summed E-state index contributed by atoms with van der Waals surface area (Å²) in [6.07, 6.45) is 4.78. The molecule has 0 aliphatic carbocycles. The number of aromatic amines is 1. The van der Waals surface area contributed by atoms with Crippen molar-refractivity contribution in [1.29, 1.82) is 0 Å². The van der Waals surface area contributed by atoms with E-state index >= 15 is 0 Å². The highest BCUT2D eigenvalue weighted by Gasteiger charge is 2.23. The van der Waals surface area contributed by atoms with Crippen LogP contribution in [0.4, 0.5) is 5.82 Å². The molecule has 7 heteroatoms. The fourth-order valence-electron chi connectivity index (χ4n) is 4.40. The number of anilines is 1. The smallest absolute Gasteiger partial charge is 0.151 e. The van der Waals surface area contributed by atoms with Crippen LogP contribution >= 0.6 is 0 Å². The topological polar surface area (TPSA) is 90.8 Å². The van der Waals surface area contributed by atoms with E-state index in [1.807, 2.05) is 30.3 Å². The second-order valence-corrected chi connectivity index (χ2v) is 8.39. The van der Waals surface area contributed by atoms with Crippen LogP contribution in [-0.4, -0.2) is 43.6 Å². The fraction of sp³-hybridized carbons (Fsp3) is 0.304. The molecule has 0 saturated carbocycles. The van der Waals surface area contributed by atoms with Crippen LogP contribution in [0.5, 0.6) is 5.75 Å². The Bertz CT molecular complexity index is 1180. The van der Waals surface area contributed by atoms with Crippen molar-refractivity contribution in [3.05, 3.63) is 48.8 Å². The Balaban J connectivity index is 1.40. The number of hydrogen-bond acceptors (Lipinski definition) is 6. The zero-order valence-corrected chi connectivity index (χ0v) is 17.1. The minimum atomic E-state index is 0.0852. The monoisotopic (exact) mass is 400 g/mol. The van der Waals surface area contributed by atoms with Crippen LogP contribution < -0.4 is 4.90 Å². The number of nitrogens with one attached hydrogen (secondary N) is 1. The number of pyridine rings is 1. The van der Waals surface area contributed by atoms with Gasteiger partial charge in [-0.25, -0.2) is 4.98 Å². The maximum Gasteiger partial charge on any atom is 0.151 e. The third kappa shape index (κ3) is 3.47. The molecule has 4 aromatic rings. The zero-order valence-electron chi connectivity index (χ0n) is 17.1. The third-order valence-electron chi connectivity index (χ3n) is 5.73. The predicted octanol–water partition coefficient (Wildman–Crippen LogP) is 4.27. The normalized spacial score (nSPS) is 19.3. The van der Waals surface area contributed by atoms with Crippen molar-refractivity contribution >= 4 is 16.7 Å². The fourth-order valence-corrected chi connectivity index (χ4v) is 4.40. The van der Waals surface area contributed by atoms with E-state index in [1.165, 1.54) is 6.42 Å². The Morgan fingerprint density at radius 3 is 2.53 bits per heavy atom. The molecule has 0 bridgehead atoms. The molecule has 0 amide bonds. The van der Waals surface area contributed by atoms with Crippen molar-refractivity contribution < 1.29 is 5.11 Å². The molecule has 4 heterocycles. The summed E-state index contributed by atoms with van der Waals surface area (Å²) < 4.78 is 0. The highest BCUT2D eigenvalue weighted by Crippen LogP contribution is 2.32. The highest BCUT2D eigenvalue weighted by molar-refractivity contribution is 5.84. The Morgan fingerprint density at radius 1 is 0.967 bits per heavy atom. The van der Waals surface area contributed by atoms with E-state index in [2.05, 4.69) is 44.1 Å². The minimum absolute atomic E-state index is 0.0852. The first kappa shape index (κ1) is 18.5. The van der Waals surface area contributed by atoms with Crippen molar-refractivity contribution in [3.8, 4) is 28.3 Å². The summed E-state index contributed by atoms with van der Waals surface area (Å²) in [6, 6.07) is 11.5. The van der Waals surface area contributed by atoms with Gasteiger partial charge in [-0.2, -0.15) is 5.10 Å². The standard InChI is InChI=1S/C23H24N6O/c1-14-7-15(2)13-29(12-14)22-6-5-20(27-28-22)23-21(30)9-17(10-24-23)16-3-4-19-18(8-16)11-25-26-19/h3-6,8-11,14-15,30H,7,12-13H2,1-2H3,(H,25,26)/t14-,15+. The lowest BCUT2D eigenvalue weighted by Crippen LogP contribution is -2.39. The van der Waals surface area contributed by atoms with Crippen LogP contribution in [0, 0.1) is 11.8 Å². The Kier molecular flexibility index (Phi) is 4.58. The SMILES string of the molecule is C[C@@H]1C[C@H](C)CN(c2ccc(-c3ncc(-c4ccc5[nH]ncc5c4)cc3O)nn2)C1. The van der Waals surface area contributed by atoms with Gasteiger partial charge in [-0.15, -0.1) is 10.2 Å². The summed E-state index contributed by atoms with van der Waals surface area (Å²) in [5, 5.41) is 27.4. The quantitative estimate of drug-likeness (QED) is 0.534. The molecule has 5 rings (SSSR count). The molecule has 30 heavy (non-hydrogen) atoms. The number of aromatic hydroxyl groups is 1. The molecule has 3 aromatic heterocycles. The van der Waals surface area contributed by atoms with Gasteiger partial charge in [-0.3, -0.25) is 5.10 Å². The van der Waals surface area contributed by atoms with Gasteiger partial charge in [0.1, 0.15) is 17.1 Å². The highest BCUT2D eigenvalue weighted by atomic mass is 16.3. The molecule has 2 N–H and O–H groups in total. The predicted molar refractivity (Wildman–Crippen MR) is 117 cm³/mol. The summed E-state index contributed by atoms with van der Waals surface area (Å²) in [5.74, 6) is 2.26. The van der Waals surface area contributed by atoms with Gasteiger partial charge in [0.25, 0.3) is 0 Å². The number of aromatic nitrogens is 5. The molecule has 0 spiro atoms. The molecule has 1 saturated heterocycles. The van der Waals surface area contributed by atoms with E-state index in [0.29, 0.717) is 23.2 Å². The number of fused-ring (bicyclic) bond motifs is 1. The molecule has 1 aromatic carbocycles. The van der Waals surface area contributed by atoms with Crippen LogP contribution in [0.2, 0.25) is 0 Å². The van der Waals surface area contributed by atoms with Gasteiger partial charge in [-0.05, 0) is 54.2 Å². The van der Waals surface area contributed by atoms with E-state index in [-0.39, 0.29) is 5.75 Å². The van der Waals surface area contributed by atoms with Crippen molar-refractivity contribution in [3.63, 3.8) is 0 Å². The second-order valence-electron chi connectivity index (χ2n) is 8.39. The number of piperidine rings is 1. The van der Waals surface area contributed by atoms with Gasteiger partial charge < -0.3 is 10.0 Å². The number of rotatable bonds is 3. The van der Waals surface area contributed by atoms with E-state index in [4.69, 9.17) is 0 Å². The van der Waals surface area contributed by atoms with Crippen molar-refractivity contribution in [2.24, 2.45) is 11.8 Å². The molecular formula is C23H24N6O. The van der Waals surface area contributed by atoms with Crippen LogP contribution in [0.15, 0.2) is 48.8 Å². The number of benzene rings is 1. The van der Waals surface area contributed by atoms with E-state index in [1.54, 1.807) is 18.5 Å².